The van der Waals surface area contributed by atoms with Crippen LogP contribution in [0.2, 0.25) is 0 Å². The molecule has 2 nitrogen and oxygen atoms in total. The predicted molar refractivity (Wildman–Crippen MR) is 68.7 cm³/mol. The normalized spacial score (nSPS) is 12.8. The molecule has 1 atom stereocenters. The SMILES string of the molecule is CC(C)COc1ccc(CCC(C)N)cc1. The van der Waals surface area contributed by atoms with Crippen molar-refractivity contribution in [1.29, 1.82) is 0 Å². The number of hydrogen-bond donors (Lipinski definition) is 1. The van der Waals surface area contributed by atoms with E-state index in [-0.39, 0.29) is 6.04 Å². The van der Waals surface area contributed by atoms with Gasteiger partial charge in [0.05, 0.1) is 6.61 Å². The third-order valence-corrected chi connectivity index (χ3v) is 2.40. The Labute approximate surface area is 98.8 Å². The second-order valence-corrected chi connectivity index (χ2v) is 4.86. The molecule has 1 rings (SSSR count). The zero-order valence-electron chi connectivity index (χ0n) is 10.6. The second kappa shape index (κ2) is 6.54. The highest BCUT2D eigenvalue weighted by molar-refractivity contribution is 5.27. The van der Waals surface area contributed by atoms with Gasteiger partial charge in [-0.3, -0.25) is 0 Å². The molecule has 0 heterocycles. The van der Waals surface area contributed by atoms with E-state index >= 15 is 0 Å². The van der Waals surface area contributed by atoms with E-state index in [0.29, 0.717) is 5.92 Å². The van der Waals surface area contributed by atoms with Crippen LogP contribution < -0.4 is 10.5 Å². The van der Waals surface area contributed by atoms with Crippen molar-refractivity contribution in [2.24, 2.45) is 11.7 Å². The van der Waals surface area contributed by atoms with E-state index in [4.69, 9.17) is 10.5 Å². The molecule has 0 spiro atoms. The molecule has 2 heteroatoms. The van der Waals surface area contributed by atoms with Crippen LogP contribution in [0.4, 0.5) is 0 Å². The number of rotatable bonds is 6. The quantitative estimate of drug-likeness (QED) is 0.801. The van der Waals surface area contributed by atoms with Crippen LogP contribution in [-0.4, -0.2) is 12.6 Å². The molecular formula is C14H23NO. The maximum Gasteiger partial charge on any atom is 0.119 e. The summed E-state index contributed by atoms with van der Waals surface area (Å²) in [4.78, 5) is 0. The molecule has 1 aromatic carbocycles. The number of benzene rings is 1. The van der Waals surface area contributed by atoms with Crippen molar-refractivity contribution in [3.05, 3.63) is 29.8 Å². The number of aryl methyl sites for hydroxylation is 1. The molecule has 0 saturated carbocycles. The van der Waals surface area contributed by atoms with Crippen LogP contribution in [0.15, 0.2) is 24.3 Å². The standard InChI is InChI=1S/C14H23NO/c1-11(2)10-16-14-8-6-13(7-9-14)5-4-12(3)15/h6-9,11-12H,4-5,10,15H2,1-3H3. The Kier molecular flexibility index (Phi) is 5.33. The predicted octanol–water partition coefficient (Wildman–Crippen LogP) is 3.00. The molecule has 16 heavy (non-hydrogen) atoms. The summed E-state index contributed by atoms with van der Waals surface area (Å²) in [6, 6.07) is 8.60. The lowest BCUT2D eigenvalue weighted by Gasteiger charge is -2.09. The topological polar surface area (TPSA) is 35.2 Å². The van der Waals surface area contributed by atoms with Gasteiger partial charge in [-0.2, -0.15) is 0 Å². The Morgan fingerprint density at radius 1 is 1.12 bits per heavy atom. The van der Waals surface area contributed by atoms with E-state index in [1.165, 1.54) is 5.56 Å². The molecule has 1 aromatic rings. The highest BCUT2D eigenvalue weighted by Gasteiger charge is 1.99. The van der Waals surface area contributed by atoms with E-state index in [2.05, 4.69) is 26.0 Å². The summed E-state index contributed by atoms with van der Waals surface area (Å²) in [6.45, 7) is 7.12. The fraction of sp³-hybridized carbons (Fsp3) is 0.571. The first-order valence-electron chi connectivity index (χ1n) is 6.05. The maximum atomic E-state index is 5.73. The molecule has 0 aromatic heterocycles. The van der Waals surface area contributed by atoms with E-state index < -0.39 is 0 Å². The van der Waals surface area contributed by atoms with Gasteiger partial charge >= 0.3 is 0 Å². The van der Waals surface area contributed by atoms with E-state index in [1.54, 1.807) is 0 Å². The molecule has 0 fully saturated rings. The van der Waals surface area contributed by atoms with Crippen LogP contribution >= 0.6 is 0 Å². The lowest BCUT2D eigenvalue weighted by molar-refractivity contribution is 0.271. The van der Waals surface area contributed by atoms with Gasteiger partial charge in [0.1, 0.15) is 5.75 Å². The Bertz CT molecular complexity index is 259. The molecule has 0 saturated heterocycles. The number of ether oxygens (including phenoxy) is 1. The van der Waals surface area contributed by atoms with Gasteiger partial charge < -0.3 is 10.5 Å². The zero-order chi connectivity index (χ0) is 12.0. The van der Waals surface area contributed by atoms with Crippen LogP contribution in [0.3, 0.4) is 0 Å². The molecule has 0 aliphatic rings. The van der Waals surface area contributed by atoms with E-state index in [0.717, 1.165) is 25.2 Å². The van der Waals surface area contributed by atoms with Gasteiger partial charge in [-0.1, -0.05) is 26.0 Å². The third-order valence-electron chi connectivity index (χ3n) is 2.40. The summed E-state index contributed by atoms with van der Waals surface area (Å²) in [5.74, 6) is 1.52. The van der Waals surface area contributed by atoms with Crippen LogP contribution in [0.5, 0.6) is 5.75 Å². The largest absolute Gasteiger partial charge is 0.493 e. The molecule has 90 valence electrons. The highest BCUT2D eigenvalue weighted by atomic mass is 16.5. The summed E-state index contributed by atoms with van der Waals surface area (Å²) in [6.07, 6.45) is 2.08. The third kappa shape index (κ3) is 5.17. The highest BCUT2D eigenvalue weighted by Crippen LogP contribution is 2.14. The smallest absolute Gasteiger partial charge is 0.119 e. The molecule has 0 bridgehead atoms. The Morgan fingerprint density at radius 2 is 1.75 bits per heavy atom. The van der Waals surface area contributed by atoms with Gasteiger partial charge in [0.25, 0.3) is 0 Å². The molecule has 2 N–H and O–H groups in total. The zero-order valence-corrected chi connectivity index (χ0v) is 10.6. The summed E-state index contributed by atoms with van der Waals surface area (Å²) >= 11 is 0. The van der Waals surface area contributed by atoms with Crippen molar-refractivity contribution in [3.8, 4) is 5.75 Å². The fourth-order valence-electron chi connectivity index (χ4n) is 1.41. The van der Waals surface area contributed by atoms with Crippen molar-refractivity contribution >= 4 is 0 Å². The van der Waals surface area contributed by atoms with Crippen molar-refractivity contribution in [2.75, 3.05) is 6.61 Å². The summed E-state index contributed by atoms with van der Waals surface area (Å²) in [5, 5.41) is 0. The fourth-order valence-corrected chi connectivity index (χ4v) is 1.41. The average Bonchev–Trinajstić information content (AvgIpc) is 2.25. The molecule has 0 aliphatic carbocycles. The molecule has 0 aliphatic heterocycles. The lowest BCUT2D eigenvalue weighted by Crippen LogP contribution is -2.15. The lowest BCUT2D eigenvalue weighted by atomic mass is 10.1. The first-order chi connectivity index (χ1) is 7.58. The van der Waals surface area contributed by atoms with Gasteiger partial charge in [-0.15, -0.1) is 0 Å². The van der Waals surface area contributed by atoms with E-state index in [9.17, 15) is 0 Å². The second-order valence-electron chi connectivity index (χ2n) is 4.86. The van der Waals surface area contributed by atoms with Crippen LogP contribution in [0.1, 0.15) is 32.8 Å². The van der Waals surface area contributed by atoms with Crippen molar-refractivity contribution in [3.63, 3.8) is 0 Å². The molecular weight excluding hydrogens is 198 g/mol. The van der Waals surface area contributed by atoms with Gasteiger partial charge in [0.15, 0.2) is 0 Å². The number of nitrogens with two attached hydrogens (primary N) is 1. The van der Waals surface area contributed by atoms with Crippen molar-refractivity contribution in [2.45, 2.75) is 39.7 Å². The first kappa shape index (κ1) is 13.0. The summed E-state index contributed by atoms with van der Waals surface area (Å²) in [7, 11) is 0. The summed E-state index contributed by atoms with van der Waals surface area (Å²) < 4.78 is 5.62. The van der Waals surface area contributed by atoms with E-state index in [1.807, 2.05) is 19.1 Å². The van der Waals surface area contributed by atoms with Crippen molar-refractivity contribution in [1.82, 2.24) is 0 Å². The van der Waals surface area contributed by atoms with Crippen LogP contribution in [-0.2, 0) is 6.42 Å². The van der Waals surface area contributed by atoms with Crippen molar-refractivity contribution < 1.29 is 4.74 Å². The average molecular weight is 221 g/mol. The number of hydrogen-bond acceptors (Lipinski definition) is 2. The maximum absolute atomic E-state index is 5.73. The van der Waals surface area contributed by atoms with Crippen LogP contribution in [0, 0.1) is 5.92 Å². The van der Waals surface area contributed by atoms with Crippen LogP contribution in [0.25, 0.3) is 0 Å². The molecule has 1 unspecified atom stereocenters. The Hall–Kier alpha value is -1.02. The first-order valence-corrected chi connectivity index (χ1v) is 6.05. The molecule has 0 amide bonds. The minimum Gasteiger partial charge on any atom is -0.493 e. The van der Waals surface area contributed by atoms with Gasteiger partial charge in [-0.05, 0) is 43.4 Å². The Morgan fingerprint density at radius 3 is 2.25 bits per heavy atom. The summed E-state index contributed by atoms with van der Waals surface area (Å²) in [5.41, 5.74) is 7.05. The minimum absolute atomic E-state index is 0.275. The molecule has 0 radical (unpaired) electrons. The van der Waals surface area contributed by atoms with Gasteiger partial charge in [0.2, 0.25) is 0 Å². The van der Waals surface area contributed by atoms with Gasteiger partial charge in [-0.25, -0.2) is 0 Å². The Balaban J connectivity index is 2.41. The monoisotopic (exact) mass is 221 g/mol. The minimum atomic E-state index is 0.275. The van der Waals surface area contributed by atoms with Gasteiger partial charge in [0, 0.05) is 6.04 Å².